The molecule has 0 aromatic heterocycles. The maximum absolute atomic E-state index is 11.4. The molecular formula is C10H18N2O2. The predicted molar refractivity (Wildman–Crippen MR) is 54.8 cm³/mol. The minimum Gasteiger partial charge on any atom is -0.380 e. The molecule has 0 saturated carbocycles. The summed E-state index contributed by atoms with van der Waals surface area (Å²) in [5, 5.41) is 0. The van der Waals surface area contributed by atoms with Crippen molar-refractivity contribution in [2.45, 2.75) is 25.4 Å². The monoisotopic (exact) mass is 198 g/mol. The molecule has 4 nitrogen and oxygen atoms in total. The van der Waals surface area contributed by atoms with Crippen molar-refractivity contribution in [2.75, 3.05) is 19.8 Å². The summed E-state index contributed by atoms with van der Waals surface area (Å²) < 4.78 is 5.31. The van der Waals surface area contributed by atoms with Crippen LogP contribution in [0.2, 0.25) is 0 Å². The first-order valence-electron chi connectivity index (χ1n) is 4.95. The van der Waals surface area contributed by atoms with E-state index in [0.29, 0.717) is 19.8 Å². The molecule has 2 N–H and O–H groups in total. The fourth-order valence-corrected chi connectivity index (χ4v) is 1.75. The van der Waals surface area contributed by atoms with E-state index in [-0.39, 0.29) is 18.0 Å². The second-order valence-electron chi connectivity index (χ2n) is 3.50. The molecule has 0 aromatic rings. The van der Waals surface area contributed by atoms with Gasteiger partial charge in [-0.05, 0) is 19.4 Å². The number of ether oxygens (including phenoxy) is 1. The molecule has 1 aliphatic rings. The third-order valence-electron chi connectivity index (χ3n) is 2.42. The molecule has 1 aliphatic heterocycles. The van der Waals surface area contributed by atoms with Crippen LogP contribution in [0.15, 0.2) is 12.7 Å². The molecule has 4 heteroatoms. The molecule has 14 heavy (non-hydrogen) atoms. The zero-order valence-corrected chi connectivity index (χ0v) is 8.61. The van der Waals surface area contributed by atoms with Gasteiger partial charge >= 0.3 is 0 Å². The molecule has 0 aromatic carbocycles. The highest BCUT2D eigenvalue weighted by molar-refractivity contribution is 5.87. The Morgan fingerprint density at radius 1 is 1.79 bits per heavy atom. The van der Waals surface area contributed by atoms with Crippen molar-refractivity contribution in [3.05, 3.63) is 12.7 Å². The van der Waals surface area contributed by atoms with Crippen LogP contribution in [0.4, 0.5) is 0 Å². The minimum absolute atomic E-state index is 0.0531. The van der Waals surface area contributed by atoms with Crippen molar-refractivity contribution in [1.82, 2.24) is 4.90 Å². The molecular weight excluding hydrogens is 180 g/mol. The van der Waals surface area contributed by atoms with Crippen molar-refractivity contribution in [2.24, 2.45) is 5.73 Å². The van der Waals surface area contributed by atoms with Crippen molar-refractivity contribution in [3.63, 3.8) is 0 Å². The lowest BCUT2D eigenvalue weighted by atomic mass is 10.2. The van der Waals surface area contributed by atoms with E-state index in [1.807, 2.05) is 6.92 Å². The predicted octanol–water partition coefficient (Wildman–Crippen LogP) is 0.137. The van der Waals surface area contributed by atoms with Crippen molar-refractivity contribution in [3.8, 4) is 0 Å². The van der Waals surface area contributed by atoms with E-state index in [9.17, 15) is 4.79 Å². The summed E-state index contributed by atoms with van der Waals surface area (Å²) in [6.07, 6.45) is 2.15. The number of nitrogens with zero attached hydrogens (tertiary/aromatic N) is 1. The molecule has 0 aliphatic carbocycles. The second-order valence-corrected chi connectivity index (χ2v) is 3.50. The summed E-state index contributed by atoms with van der Waals surface area (Å²) in [6, 6.07) is 0.194. The van der Waals surface area contributed by atoms with Gasteiger partial charge in [0.1, 0.15) is 0 Å². The Hall–Kier alpha value is -0.870. The highest BCUT2D eigenvalue weighted by Crippen LogP contribution is 2.17. The third-order valence-corrected chi connectivity index (χ3v) is 2.42. The molecule has 1 rings (SSSR count). The molecule has 80 valence electrons. The first kappa shape index (κ1) is 11.2. The molecule has 1 heterocycles. The van der Waals surface area contributed by atoms with Gasteiger partial charge in [-0.15, -0.1) is 0 Å². The summed E-state index contributed by atoms with van der Waals surface area (Å²) >= 11 is 0. The van der Waals surface area contributed by atoms with Crippen LogP contribution in [-0.4, -0.2) is 42.6 Å². The molecule has 1 saturated heterocycles. The highest BCUT2D eigenvalue weighted by Gasteiger charge is 2.32. The van der Waals surface area contributed by atoms with Crippen LogP contribution in [0.3, 0.4) is 0 Å². The Morgan fingerprint density at radius 3 is 3.07 bits per heavy atom. The van der Waals surface area contributed by atoms with E-state index in [4.69, 9.17) is 10.5 Å². The molecule has 0 radical (unpaired) electrons. The van der Waals surface area contributed by atoms with Gasteiger partial charge in [0.25, 0.3) is 0 Å². The molecule has 0 unspecified atom stereocenters. The molecule has 2 atom stereocenters. The summed E-state index contributed by atoms with van der Waals surface area (Å²) in [6.45, 7) is 7.27. The molecule has 0 bridgehead atoms. The number of hydrogen-bond acceptors (Lipinski definition) is 3. The number of hydrogen-bond donors (Lipinski definition) is 1. The van der Waals surface area contributed by atoms with Gasteiger partial charge in [0.2, 0.25) is 5.91 Å². The van der Waals surface area contributed by atoms with Gasteiger partial charge in [0.15, 0.2) is 0 Å². The number of carbonyl (C=O) groups excluding carboxylic acids is 1. The largest absolute Gasteiger partial charge is 0.380 e. The summed E-state index contributed by atoms with van der Waals surface area (Å²) in [7, 11) is 0. The minimum atomic E-state index is -0.0531. The van der Waals surface area contributed by atoms with Gasteiger partial charge in [-0.2, -0.15) is 0 Å². The maximum atomic E-state index is 11.4. The van der Waals surface area contributed by atoms with E-state index in [1.165, 1.54) is 6.08 Å². The Bertz CT molecular complexity index is 218. The smallest absolute Gasteiger partial charge is 0.246 e. The Kier molecular flexibility index (Phi) is 4.10. The summed E-state index contributed by atoms with van der Waals surface area (Å²) in [4.78, 5) is 13.2. The molecule has 1 fully saturated rings. The average molecular weight is 198 g/mol. The third kappa shape index (κ3) is 2.56. The Balaban J connectivity index is 2.53. The first-order valence-corrected chi connectivity index (χ1v) is 4.95. The van der Waals surface area contributed by atoms with Gasteiger partial charge < -0.3 is 15.4 Å². The van der Waals surface area contributed by atoms with Crippen molar-refractivity contribution in [1.29, 1.82) is 0 Å². The normalized spacial score (nSPS) is 26.6. The van der Waals surface area contributed by atoms with E-state index < -0.39 is 0 Å². The van der Waals surface area contributed by atoms with Crippen LogP contribution in [0.25, 0.3) is 0 Å². The fraction of sp³-hybridized carbons (Fsp3) is 0.700. The van der Waals surface area contributed by atoms with E-state index in [1.54, 1.807) is 4.90 Å². The zero-order valence-electron chi connectivity index (χ0n) is 8.61. The second kappa shape index (κ2) is 5.12. The number of likely N-dealkylation sites (tertiary alicyclic amines) is 1. The van der Waals surface area contributed by atoms with E-state index >= 15 is 0 Å². The van der Waals surface area contributed by atoms with Crippen molar-refractivity contribution < 1.29 is 9.53 Å². The van der Waals surface area contributed by atoms with Crippen LogP contribution in [-0.2, 0) is 9.53 Å². The average Bonchev–Trinajstić information content (AvgIpc) is 2.55. The first-order chi connectivity index (χ1) is 6.69. The lowest BCUT2D eigenvalue weighted by Crippen LogP contribution is -2.37. The topological polar surface area (TPSA) is 55.6 Å². The van der Waals surface area contributed by atoms with Crippen LogP contribution in [0, 0.1) is 0 Å². The standard InChI is InChI=1S/C10H18N2O2/c1-3-10(13)12-6-8(11)5-9(12)7-14-4-2/h3,8-9H,1,4-7,11H2,2H3/t8-,9+/m0/s1. The van der Waals surface area contributed by atoms with Gasteiger partial charge in [-0.25, -0.2) is 0 Å². The van der Waals surface area contributed by atoms with Gasteiger partial charge in [-0.1, -0.05) is 6.58 Å². The lowest BCUT2D eigenvalue weighted by molar-refractivity contribution is -0.127. The van der Waals surface area contributed by atoms with Crippen molar-refractivity contribution >= 4 is 5.91 Å². The van der Waals surface area contributed by atoms with E-state index in [2.05, 4.69) is 6.58 Å². The summed E-state index contributed by atoms with van der Waals surface area (Å²) in [5.41, 5.74) is 5.80. The van der Waals surface area contributed by atoms with Crippen LogP contribution >= 0.6 is 0 Å². The van der Waals surface area contributed by atoms with Crippen LogP contribution in [0.1, 0.15) is 13.3 Å². The quantitative estimate of drug-likeness (QED) is 0.654. The van der Waals surface area contributed by atoms with Gasteiger partial charge in [-0.3, -0.25) is 4.79 Å². The van der Waals surface area contributed by atoms with Gasteiger partial charge in [0.05, 0.1) is 12.6 Å². The number of amides is 1. The van der Waals surface area contributed by atoms with Crippen LogP contribution < -0.4 is 5.73 Å². The van der Waals surface area contributed by atoms with Crippen LogP contribution in [0.5, 0.6) is 0 Å². The summed E-state index contributed by atoms with van der Waals surface area (Å²) in [5.74, 6) is -0.0531. The van der Waals surface area contributed by atoms with E-state index in [0.717, 1.165) is 6.42 Å². The molecule has 1 amide bonds. The maximum Gasteiger partial charge on any atom is 0.246 e. The van der Waals surface area contributed by atoms with Gasteiger partial charge in [0, 0.05) is 19.2 Å². The number of nitrogens with two attached hydrogens (primary N) is 1. The fourth-order valence-electron chi connectivity index (χ4n) is 1.75. The Morgan fingerprint density at radius 2 is 2.50 bits per heavy atom. The lowest BCUT2D eigenvalue weighted by Gasteiger charge is -2.22. The zero-order chi connectivity index (χ0) is 10.6. The number of rotatable bonds is 4. The number of carbonyl (C=O) groups is 1. The molecule has 0 spiro atoms. The highest BCUT2D eigenvalue weighted by atomic mass is 16.5. The Labute approximate surface area is 84.7 Å². The SMILES string of the molecule is C=CC(=O)N1C[C@@H](N)C[C@@H]1COCC.